The summed E-state index contributed by atoms with van der Waals surface area (Å²) in [5.74, 6) is -2.33. The van der Waals surface area contributed by atoms with Crippen molar-refractivity contribution in [3.8, 4) is 16.9 Å². The summed E-state index contributed by atoms with van der Waals surface area (Å²) in [6.45, 7) is 11.9. The molecule has 6 rings (SSSR count). The number of anilines is 2. The largest absolute Gasteiger partial charge is 0.355 e. The van der Waals surface area contributed by atoms with Crippen molar-refractivity contribution < 1.29 is 18.4 Å². The molecule has 3 aromatic heterocycles. The van der Waals surface area contributed by atoms with Crippen molar-refractivity contribution in [2.45, 2.75) is 50.6 Å². The van der Waals surface area contributed by atoms with Crippen LogP contribution in [0.3, 0.4) is 0 Å². The van der Waals surface area contributed by atoms with E-state index in [-0.39, 0.29) is 63.5 Å². The summed E-state index contributed by atoms with van der Waals surface area (Å²) in [5, 5.41) is 2.93. The second-order valence-corrected chi connectivity index (χ2v) is 12.4. The Hall–Kier alpha value is -4.65. The van der Waals surface area contributed by atoms with E-state index in [1.54, 1.807) is 17.2 Å². The number of pyridine rings is 2. The molecular weight excluding hydrogens is 600 g/mol. The summed E-state index contributed by atoms with van der Waals surface area (Å²) in [7, 11) is 0. The zero-order valence-corrected chi connectivity index (χ0v) is 26.0. The maximum Gasteiger partial charge on any atom is 0.355 e. The van der Waals surface area contributed by atoms with Crippen LogP contribution in [-0.2, 0) is 9.59 Å². The van der Waals surface area contributed by atoms with E-state index in [0.717, 1.165) is 6.07 Å². The minimum absolute atomic E-state index is 0.0541. The number of rotatable bonds is 3. The van der Waals surface area contributed by atoms with Gasteiger partial charge in [0.1, 0.15) is 17.3 Å². The third-order valence-corrected chi connectivity index (χ3v) is 9.41. The maximum atomic E-state index is 16.2. The first-order chi connectivity index (χ1) is 21.5. The van der Waals surface area contributed by atoms with Crippen molar-refractivity contribution in [1.82, 2.24) is 24.4 Å². The van der Waals surface area contributed by atoms with Crippen molar-refractivity contribution in [3.05, 3.63) is 77.0 Å². The van der Waals surface area contributed by atoms with Crippen molar-refractivity contribution in [2.24, 2.45) is 0 Å². The fourth-order valence-electron chi connectivity index (χ4n) is 5.99. The lowest BCUT2D eigenvalue weighted by Gasteiger charge is -2.45. The van der Waals surface area contributed by atoms with Crippen molar-refractivity contribution in [3.63, 3.8) is 0 Å². The highest BCUT2D eigenvalue weighted by Crippen LogP contribution is 2.39. The molecule has 1 fully saturated rings. The third kappa shape index (κ3) is 5.14. The van der Waals surface area contributed by atoms with Gasteiger partial charge in [-0.05, 0) is 50.1 Å². The molecule has 45 heavy (non-hydrogen) atoms. The van der Waals surface area contributed by atoms with E-state index in [1.807, 2.05) is 32.6 Å². The predicted molar refractivity (Wildman–Crippen MR) is 170 cm³/mol. The summed E-state index contributed by atoms with van der Waals surface area (Å²) in [4.78, 5) is 57.6. The summed E-state index contributed by atoms with van der Waals surface area (Å²) in [5.41, 5.74) is -0.258. The van der Waals surface area contributed by atoms with E-state index in [0.29, 0.717) is 29.4 Å². The van der Waals surface area contributed by atoms with Gasteiger partial charge in [0, 0.05) is 36.3 Å². The maximum absolute atomic E-state index is 16.2. The van der Waals surface area contributed by atoms with Gasteiger partial charge >= 0.3 is 5.69 Å². The first-order valence-corrected chi connectivity index (χ1v) is 15.5. The number of carbonyl (C=O) groups is 2. The van der Waals surface area contributed by atoms with Gasteiger partial charge < -0.3 is 15.1 Å². The number of nitrogens with zero attached hydrogens (tertiary/aromatic N) is 6. The zero-order chi connectivity index (χ0) is 32.2. The molecule has 2 aliphatic heterocycles. The average Bonchev–Trinajstić information content (AvgIpc) is 3.00. The molecule has 1 aromatic carbocycles. The molecule has 0 spiro atoms. The van der Waals surface area contributed by atoms with Gasteiger partial charge in [-0.2, -0.15) is 4.98 Å². The molecule has 0 saturated carbocycles. The Kier molecular flexibility index (Phi) is 7.89. The number of carbonyl (C=O) groups excluding carboxylic acids is 2. The Balaban J connectivity index is 1.70. The van der Waals surface area contributed by atoms with Crippen molar-refractivity contribution >= 4 is 46.1 Å². The first kappa shape index (κ1) is 30.4. The van der Waals surface area contributed by atoms with E-state index in [4.69, 9.17) is 0 Å². The number of hydrogen-bond acceptors (Lipinski definition) is 8. The second-order valence-electron chi connectivity index (χ2n) is 11.4. The van der Waals surface area contributed by atoms with E-state index in [1.165, 1.54) is 40.6 Å². The van der Waals surface area contributed by atoms with Gasteiger partial charge in [-0.25, -0.2) is 23.1 Å². The van der Waals surface area contributed by atoms with E-state index < -0.39 is 23.2 Å². The van der Waals surface area contributed by atoms with Gasteiger partial charge in [0.05, 0.1) is 33.8 Å². The number of aromatic nitrogens is 4. The van der Waals surface area contributed by atoms with Crippen LogP contribution in [0.1, 0.15) is 39.3 Å². The number of halogens is 2. The number of benzene rings is 1. The zero-order valence-electron chi connectivity index (χ0n) is 25.2. The summed E-state index contributed by atoms with van der Waals surface area (Å²) >= 11 is 1.19. The molecule has 1 saturated heterocycles. The Morgan fingerprint density at radius 2 is 1.89 bits per heavy atom. The topological polar surface area (TPSA) is 113 Å². The summed E-state index contributed by atoms with van der Waals surface area (Å²) < 4.78 is 33.0. The monoisotopic (exact) mass is 631 g/mol. The lowest BCUT2D eigenvalue weighted by molar-refractivity contribution is -0.129. The highest BCUT2D eigenvalue weighted by Gasteiger charge is 2.35. The molecule has 0 radical (unpaired) electrons. The molecule has 10 nitrogen and oxygen atoms in total. The van der Waals surface area contributed by atoms with Gasteiger partial charge in [-0.1, -0.05) is 26.5 Å². The number of thioether (sulfide) groups is 1. The van der Waals surface area contributed by atoms with E-state index in [2.05, 4.69) is 26.8 Å². The molecular formula is C32H31F2N7O3S. The van der Waals surface area contributed by atoms with E-state index >= 15 is 8.78 Å². The SMILES string of the molecule is C=CC(=O)N1CCN(c2nc(=O)n3c4nc(c(F)cc24)-c2c(F)cccc2NC(=O)CSc2ccnc(C(C)C)c2-3)[C@@H](C)[C@H]1C. The molecule has 2 amide bonds. The fourth-order valence-corrected chi connectivity index (χ4v) is 6.83. The molecule has 13 heteroatoms. The average molecular weight is 632 g/mol. The van der Waals surface area contributed by atoms with Crippen LogP contribution in [0.25, 0.3) is 28.0 Å². The van der Waals surface area contributed by atoms with Gasteiger partial charge in [-0.15, -0.1) is 11.8 Å². The van der Waals surface area contributed by atoms with Crippen LogP contribution in [-0.4, -0.2) is 67.2 Å². The molecule has 2 atom stereocenters. The van der Waals surface area contributed by atoms with Gasteiger partial charge in [0.25, 0.3) is 0 Å². The highest BCUT2D eigenvalue weighted by atomic mass is 32.2. The lowest BCUT2D eigenvalue weighted by Crippen LogP contribution is -2.59. The van der Waals surface area contributed by atoms with Gasteiger partial charge in [0.15, 0.2) is 11.5 Å². The van der Waals surface area contributed by atoms with Gasteiger partial charge in [-0.3, -0.25) is 14.6 Å². The minimum atomic E-state index is -0.862. The van der Waals surface area contributed by atoms with Crippen LogP contribution in [0.2, 0.25) is 0 Å². The Labute approximate surface area is 262 Å². The minimum Gasteiger partial charge on any atom is -0.349 e. The number of nitrogens with one attached hydrogen (secondary N) is 1. The van der Waals surface area contributed by atoms with Crippen LogP contribution in [0.4, 0.5) is 20.3 Å². The molecule has 0 aliphatic carbocycles. The molecule has 0 unspecified atom stereocenters. The first-order valence-electron chi connectivity index (χ1n) is 14.6. The number of amides is 2. The van der Waals surface area contributed by atoms with Crippen LogP contribution in [0, 0.1) is 11.6 Å². The van der Waals surface area contributed by atoms with Crippen molar-refractivity contribution in [2.75, 3.05) is 29.1 Å². The fraction of sp³-hybridized carbons (Fsp3) is 0.312. The van der Waals surface area contributed by atoms with E-state index in [9.17, 15) is 14.4 Å². The second kappa shape index (κ2) is 11.7. The summed E-state index contributed by atoms with van der Waals surface area (Å²) in [6.07, 6.45) is 2.87. The van der Waals surface area contributed by atoms with Crippen molar-refractivity contribution in [1.29, 1.82) is 0 Å². The van der Waals surface area contributed by atoms with Crippen LogP contribution >= 0.6 is 11.8 Å². The molecule has 5 heterocycles. The third-order valence-electron chi connectivity index (χ3n) is 8.36. The summed E-state index contributed by atoms with van der Waals surface area (Å²) in [6, 6.07) is 6.36. The standard InChI is InChI=1S/C32H31F2N7O3S/c1-6-25(43)39-12-13-40(18(5)17(39)4)30-19-14-21(34)28-26-20(33)8-7-9-22(26)36-24(42)15-45-23-10-11-35-27(16(2)3)29(23)41(31(19)37-28)32(44)38-30/h6-11,14,16-18H,1,12-13,15H2,2-5H3,(H,36,42)/t17-,18+/m1/s1. The smallest absolute Gasteiger partial charge is 0.349 e. The lowest BCUT2D eigenvalue weighted by atomic mass is 10.0. The number of piperazine rings is 1. The molecule has 2 aliphatic rings. The van der Waals surface area contributed by atoms with Gasteiger partial charge in [0.2, 0.25) is 11.8 Å². The Bertz CT molecular complexity index is 1950. The molecule has 2 bridgehead atoms. The van der Waals surface area contributed by atoms with Crippen LogP contribution in [0.15, 0.2) is 58.9 Å². The molecule has 4 aromatic rings. The van der Waals surface area contributed by atoms with Crippen LogP contribution < -0.4 is 15.9 Å². The normalized spacial score (nSPS) is 18.2. The Morgan fingerprint density at radius 3 is 2.62 bits per heavy atom. The number of fused-ring (bicyclic) bond motifs is 5. The highest BCUT2D eigenvalue weighted by molar-refractivity contribution is 8.00. The molecule has 232 valence electrons. The Morgan fingerprint density at radius 1 is 1.11 bits per heavy atom. The quantitative estimate of drug-likeness (QED) is 0.318. The predicted octanol–water partition coefficient (Wildman–Crippen LogP) is 4.90. The van der Waals surface area contributed by atoms with Crippen LogP contribution in [0.5, 0.6) is 0 Å². The number of hydrogen-bond donors (Lipinski definition) is 1. The molecule has 1 N–H and O–H groups in total.